The van der Waals surface area contributed by atoms with Crippen molar-refractivity contribution < 1.29 is 4.74 Å². The highest BCUT2D eigenvalue weighted by Gasteiger charge is 2.21. The van der Waals surface area contributed by atoms with Crippen molar-refractivity contribution in [1.29, 1.82) is 0 Å². The summed E-state index contributed by atoms with van der Waals surface area (Å²) in [6.07, 6.45) is 0. The van der Waals surface area contributed by atoms with Gasteiger partial charge in [-0.15, -0.1) is 0 Å². The zero-order valence-electron chi connectivity index (χ0n) is 9.79. The molecule has 78 valence electrons. The van der Waals surface area contributed by atoms with E-state index in [2.05, 4.69) is 45.9 Å². The molecule has 0 radical (unpaired) electrons. The van der Waals surface area contributed by atoms with Gasteiger partial charge in [-0.1, -0.05) is 39.8 Å². The molecule has 1 heteroatoms. The van der Waals surface area contributed by atoms with Gasteiger partial charge in [0.25, 0.3) is 0 Å². The van der Waals surface area contributed by atoms with Crippen LogP contribution in [0.2, 0.25) is 0 Å². The van der Waals surface area contributed by atoms with Crippen LogP contribution in [-0.2, 0) is 0 Å². The minimum Gasteiger partial charge on any atom is -0.497 e. The third kappa shape index (κ3) is 2.50. The number of ether oxygens (including phenoxy) is 1. The first-order chi connectivity index (χ1) is 6.45. The van der Waals surface area contributed by atoms with E-state index in [1.54, 1.807) is 7.11 Å². The quantitative estimate of drug-likeness (QED) is 0.691. The molecule has 14 heavy (non-hydrogen) atoms. The van der Waals surface area contributed by atoms with Gasteiger partial charge < -0.3 is 4.74 Å². The van der Waals surface area contributed by atoms with Crippen molar-refractivity contribution in [3.8, 4) is 5.75 Å². The van der Waals surface area contributed by atoms with Gasteiger partial charge in [0.1, 0.15) is 5.75 Å². The molecule has 1 aromatic rings. The van der Waals surface area contributed by atoms with Crippen molar-refractivity contribution in [3.63, 3.8) is 0 Å². The summed E-state index contributed by atoms with van der Waals surface area (Å²) in [5.74, 6) is 1.48. The highest BCUT2D eigenvalue weighted by atomic mass is 16.5. The monoisotopic (exact) mass is 192 g/mol. The Labute approximate surface area is 87.1 Å². The molecule has 0 amide bonds. The lowest BCUT2D eigenvalue weighted by atomic mass is 9.78. The van der Waals surface area contributed by atoms with Gasteiger partial charge in [0.05, 0.1) is 7.11 Å². The van der Waals surface area contributed by atoms with Crippen molar-refractivity contribution in [1.82, 2.24) is 0 Å². The van der Waals surface area contributed by atoms with Gasteiger partial charge in [0, 0.05) is 0 Å². The van der Waals surface area contributed by atoms with Crippen LogP contribution in [0.4, 0.5) is 0 Å². The number of hydrogen-bond donors (Lipinski definition) is 0. The molecule has 1 atom stereocenters. The van der Waals surface area contributed by atoms with E-state index in [1.165, 1.54) is 5.56 Å². The lowest BCUT2D eigenvalue weighted by Crippen LogP contribution is -2.15. The summed E-state index contributed by atoms with van der Waals surface area (Å²) in [5.41, 5.74) is 1.64. The normalized spacial score (nSPS) is 13.8. The van der Waals surface area contributed by atoms with E-state index in [0.29, 0.717) is 11.3 Å². The predicted octanol–water partition coefficient (Wildman–Crippen LogP) is 3.84. The average Bonchev–Trinajstić information content (AvgIpc) is 2.15. The summed E-state index contributed by atoms with van der Waals surface area (Å²) in [7, 11) is 1.71. The number of rotatable bonds is 2. The Balaban J connectivity index is 2.95. The van der Waals surface area contributed by atoms with Gasteiger partial charge in [-0.25, -0.2) is 0 Å². The second-order valence-electron chi connectivity index (χ2n) is 4.86. The van der Waals surface area contributed by atoms with Crippen LogP contribution in [0.25, 0.3) is 0 Å². The second-order valence-corrected chi connectivity index (χ2v) is 4.86. The first-order valence-electron chi connectivity index (χ1n) is 5.09. The van der Waals surface area contributed by atoms with E-state index in [9.17, 15) is 0 Å². The highest BCUT2D eigenvalue weighted by molar-refractivity contribution is 5.31. The minimum absolute atomic E-state index is 0.298. The molecule has 0 saturated carbocycles. The first kappa shape index (κ1) is 11.1. The Kier molecular flexibility index (Phi) is 3.20. The van der Waals surface area contributed by atoms with Crippen LogP contribution in [0.1, 0.15) is 39.2 Å². The van der Waals surface area contributed by atoms with E-state index in [4.69, 9.17) is 4.74 Å². The van der Waals surface area contributed by atoms with E-state index >= 15 is 0 Å². The van der Waals surface area contributed by atoms with Crippen LogP contribution in [0.5, 0.6) is 5.75 Å². The standard InChI is InChI=1S/C13H20O/c1-10(13(2,3)4)11-7-6-8-12(9-11)14-5/h6-10H,1-5H3/t10-/m0/s1. The van der Waals surface area contributed by atoms with Gasteiger partial charge in [-0.05, 0) is 29.0 Å². The molecule has 0 heterocycles. The van der Waals surface area contributed by atoms with E-state index in [1.807, 2.05) is 6.07 Å². The van der Waals surface area contributed by atoms with Crippen LogP contribution < -0.4 is 4.74 Å². The molecule has 0 aliphatic heterocycles. The zero-order chi connectivity index (χ0) is 10.8. The summed E-state index contributed by atoms with van der Waals surface area (Å²) in [4.78, 5) is 0. The summed E-state index contributed by atoms with van der Waals surface area (Å²) >= 11 is 0. The first-order valence-corrected chi connectivity index (χ1v) is 5.09. The van der Waals surface area contributed by atoms with E-state index in [-0.39, 0.29) is 0 Å². The van der Waals surface area contributed by atoms with Gasteiger partial charge in [-0.2, -0.15) is 0 Å². The lowest BCUT2D eigenvalue weighted by molar-refractivity contribution is 0.338. The lowest BCUT2D eigenvalue weighted by Gasteiger charge is -2.27. The Bertz CT molecular complexity index is 296. The molecular formula is C13H20O. The summed E-state index contributed by atoms with van der Waals surface area (Å²) in [6.45, 7) is 9.04. The summed E-state index contributed by atoms with van der Waals surface area (Å²) in [5, 5.41) is 0. The molecule has 1 aromatic carbocycles. The Morgan fingerprint density at radius 1 is 1.21 bits per heavy atom. The molecule has 0 spiro atoms. The van der Waals surface area contributed by atoms with Crippen molar-refractivity contribution in [2.24, 2.45) is 5.41 Å². The van der Waals surface area contributed by atoms with Gasteiger partial charge in [0.2, 0.25) is 0 Å². The molecule has 0 aliphatic carbocycles. The summed E-state index contributed by atoms with van der Waals surface area (Å²) in [6, 6.07) is 8.32. The molecule has 1 rings (SSSR count). The number of benzene rings is 1. The van der Waals surface area contributed by atoms with Crippen molar-refractivity contribution in [2.45, 2.75) is 33.6 Å². The molecule has 0 unspecified atom stereocenters. The molecular weight excluding hydrogens is 172 g/mol. The SMILES string of the molecule is COc1cccc([C@H](C)C(C)(C)C)c1. The zero-order valence-corrected chi connectivity index (χ0v) is 9.79. The maximum absolute atomic E-state index is 5.22. The Morgan fingerprint density at radius 2 is 1.86 bits per heavy atom. The van der Waals surface area contributed by atoms with Crippen LogP contribution >= 0.6 is 0 Å². The van der Waals surface area contributed by atoms with Crippen LogP contribution in [0.15, 0.2) is 24.3 Å². The molecule has 0 bridgehead atoms. The molecule has 0 aliphatic rings. The third-order valence-corrected chi connectivity index (χ3v) is 2.89. The van der Waals surface area contributed by atoms with Gasteiger partial charge in [0.15, 0.2) is 0 Å². The molecule has 0 fully saturated rings. The smallest absolute Gasteiger partial charge is 0.119 e. The number of hydrogen-bond acceptors (Lipinski definition) is 1. The fourth-order valence-corrected chi connectivity index (χ4v) is 1.41. The van der Waals surface area contributed by atoms with Crippen molar-refractivity contribution in [3.05, 3.63) is 29.8 Å². The Morgan fingerprint density at radius 3 is 2.36 bits per heavy atom. The predicted molar refractivity (Wildman–Crippen MR) is 60.9 cm³/mol. The fraction of sp³-hybridized carbons (Fsp3) is 0.538. The van der Waals surface area contributed by atoms with Crippen LogP contribution in [0.3, 0.4) is 0 Å². The maximum atomic E-state index is 5.22. The Hall–Kier alpha value is -0.980. The molecule has 0 saturated heterocycles. The van der Waals surface area contributed by atoms with E-state index in [0.717, 1.165) is 5.75 Å². The van der Waals surface area contributed by atoms with Crippen LogP contribution in [0, 0.1) is 5.41 Å². The maximum Gasteiger partial charge on any atom is 0.119 e. The van der Waals surface area contributed by atoms with E-state index < -0.39 is 0 Å². The second kappa shape index (κ2) is 4.04. The number of methoxy groups -OCH3 is 1. The topological polar surface area (TPSA) is 9.23 Å². The van der Waals surface area contributed by atoms with Crippen LogP contribution in [-0.4, -0.2) is 7.11 Å². The third-order valence-electron chi connectivity index (χ3n) is 2.89. The average molecular weight is 192 g/mol. The van der Waals surface area contributed by atoms with Gasteiger partial charge in [-0.3, -0.25) is 0 Å². The van der Waals surface area contributed by atoms with Gasteiger partial charge >= 0.3 is 0 Å². The van der Waals surface area contributed by atoms with Crippen molar-refractivity contribution >= 4 is 0 Å². The summed E-state index contributed by atoms with van der Waals surface area (Å²) < 4.78 is 5.22. The molecule has 0 aromatic heterocycles. The van der Waals surface area contributed by atoms with Crippen molar-refractivity contribution in [2.75, 3.05) is 7.11 Å². The largest absolute Gasteiger partial charge is 0.497 e. The minimum atomic E-state index is 0.298. The highest BCUT2D eigenvalue weighted by Crippen LogP contribution is 2.35. The molecule has 0 N–H and O–H groups in total. The fourth-order valence-electron chi connectivity index (χ4n) is 1.41. The molecule has 1 nitrogen and oxygen atoms in total.